The number of rotatable bonds is 11. The second-order valence-electron chi connectivity index (χ2n) is 8.93. The Bertz CT molecular complexity index is 1230. The van der Waals surface area contributed by atoms with Crippen LogP contribution < -0.4 is 9.62 Å². The molecule has 0 saturated heterocycles. The van der Waals surface area contributed by atoms with Crippen molar-refractivity contribution in [2.24, 2.45) is 5.92 Å². The van der Waals surface area contributed by atoms with Gasteiger partial charge in [0.15, 0.2) is 0 Å². The number of carbonyl (C=O) groups excluding carboxylic acids is 2. The summed E-state index contributed by atoms with van der Waals surface area (Å²) in [6, 6.07) is 9.67. The minimum absolute atomic E-state index is 0.00894. The fourth-order valence-corrected chi connectivity index (χ4v) is 4.51. The van der Waals surface area contributed by atoms with E-state index >= 15 is 0 Å². The second-order valence-corrected chi connectivity index (χ2v) is 11.2. The van der Waals surface area contributed by atoms with Crippen LogP contribution in [0.25, 0.3) is 0 Å². The largest absolute Gasteiger partial charge is 0.354 e. The normalized spacial score (nSPS) is 12.2. The highest BCUT2D eigenvalue weighted by atomic mass is 35.5. The molecule has 0 radical (unpaired) electrons. The summed E-state index contributed by atoms with van der Waals surface area (Å²) in [5.74, 6) is -0.883. The number of nitrogens with zero attached hydrogens (tertiary/aromatic N) is 3. The van der Waals surface area contributed by atoms with Crippen molar-refractivity contribution < 1.29 is 22.9 Å². The molecule has 0 heterocycles. The first-order chi connectivity index (χ1) is 16.7. The van der Waals surface area contributed by atoms with Crippen LogP contribution in [-0.2, 0) is 26.2 Å². The Balaban J connectivity index is 2.47. The number of hydrogen-bond donors (Lipinski definition) is 1. The molecule has 196 valence electrons. The van der Waals surface area contributed by atoms with Gasteiger partial charge in [0.05, 0.1) is 16.9 Å². The van der Waals surface area contributed by atoms with Crippen LogP contribution in [0.15, 0.2) is 42.5 Å². The van der Waals surface area contributed by atoms with Gasteiger partial charge in [0.1, 0.15) is 12.6 Å². The first-order valence-corrected chi connectivity index (χ1v) is 13.5. The average molecular weight is 539 g/mol. The fourth-order valence-electron chi connectivity index (χ4n) is 3.42. The van der Waals surface area contributed by atoms with Crippen LogP contribution in [0, 0.1) is 23.0 Å². The highest BCUT2D eigenvalue weighted by molar-refractivity contribution is 7.92. The standard InChI is InChI=1S/C24H31ClN4O6S/c1-16(2)13-26-24(31)18(4)27(14-19-8-6-7-9-21(19)25)23(30)15-28(36(5,34)35)22-12-20(29(32)33)11-10-17(22)3/h6-12,16,18H,13-15H2,1-5H3,(H,26,31). The number of non-ortho nitro benzene ring substituents is 1. The van der Waals surface area contributed by atoms with Gasteiger partial charge in [-0.15, -0.1) is 0 Å². The lowest BCUT2D eigenvalue weighted by molar-refractivity contribution is -0.384. The van der Waals surface area contributed by atoms with Crippen molar-refractivity contribution in [2.45, 2.75) is 40.3 Å². The van der Waals surface area contributed by atoms with Crippen LogP contribution in [0.3, 0.4) is 0 Å². The predicted octanol–water partition coefficient (Wildman–Crippen LogP) is 3.51. The number of carbonyl (C=O) groups is 2. The number of nitro groups is 1. The van der Waals surface area contributed by atoms with Crippen molar-refractivity contribution in [1.29, 1.82) is 0 Å². The van der Waals surface area contributed by atoms with Gasteiger partial charge in [0.25, 0.3) is 5.69 Å². The number of anilines is 1. The molecule has 0 fully saturated rings. The van der Waals surface area contributed by atoms with E-state index < -0.39 is 39.3 Å². The maximum absolute atomic E-state index is 13.6. The molecule has 0 aromatic heterocycles. The minimum atomic E-state index is -4.02. The summed E-state index contributed by atoms with van der Waals surface area (Å²) in [5.41, 5.74) is 0.702. The van der Waals surface area contributed by atoms with Gasteiger partial charge in [-0.2, -0.15) is 0 Å². The fraction of sp³-hybridized carbons (Fsp3) is 0.417. The van der Waals surface area contributed by atoms with Gasteiger partial charge in [-0.1, -0.05) is 49.7 Å². The molecule has 1 N–H and O–H groups in total. The Kier molecular flexibility index (Phi) is 9.83. The van der Waals surface area contributed by atoms with Gasteiger partial charge in [-0.3, -0.25) is 24.0 Å². The van der Waals surface area contributed by atoms with Crippen molar-refractivity contribution >= 4 is 44.8 Å². The molecule has 12 heteroatoms. The Morgan fingerprint density at radius 2 is 1.78 bits per heavy atom. The van der Waals surface area contributed by atoms with Gasteiger partial charge in [0.2, 0.25) is 21.8 Å². The molecule has 2 amide bonds. The predicted molar refractivity (Wildman–Crippen MR) is 139 cm³/mol. The number of benzene rings is 2. The van der Waals surface area contributed by atoms with Crippen LogP contribution in [0.5, 0.6) is 0 Å². The monoisotopic (exact) mass is 538 g/mol. The van der Waals surface area contributed by atoms with Crippen LogP contribution in [-0.4, -0.2) is 55.4 Å². The number of sulfonamides is 1. The average Bonchev–Trinajstić information content (AvgIpc) is 2.79. The summed E-state index contributed by atoms with van der Waals surface area (Å²) in [4.78, 5) is 38.3. The molecule has 0 aliphatic carbocycles. The lowest BCUT2D eigenvalue weighted by Crippen LogP contribution is -2.51. The van der Waals surface area contributed by atoms with E-state index in [0.29, 0.717) is 22.7 Å². The smallest absolute Gasteiger partial charge is 0.271 e. The van der Waals surface area contributed by atoms with Gasteiger partial charge in [-0.05, 0) is 37.0 Å². The van der Waals surface area contributed by atoms with Gasteiger partial charge in [0, 0.05) is 30.2 Å². The van der Waals surface area contributed by atoms with Crippen molar-refractivity contribution in [3.63, 3.8) is 0 Å². The second kappa shape index (κ2) is 12.2. The molecule has 10 nitrogen and oxygen atoms in total. The van der Waals surface area contributed by atoms with E-state index in [2.05, 4.69) is 5.32 Å². The summed E-state index contributed by atoms with van der Waals surface area (Å²) < 4.78 is 26.2. The number of amides is 2. The molecule has 36 heavy (non-hydrogen) atoms. The van der Waals surface area contributed by atoms with E-state index in [4.69, 9.17) is 11.6 Å². The molecule has 1 unspecified atom stereocenters. The summed E-state index contributed by atoms with van der Waals surface area (Å²) in [7, 11) is -4.02. The molecule has 1 atom stereocenters. The van der Waals surface area contributed by atoms with Crippen molar-refractivity contribution in [3.05, 3.63) is 68.7 Å². The lowest BCUT2D eigenvalue weighted by atomic mass is 10.1. The number of aryl methyl sites for hydroxylation is 1. The minimum Gasteiger partial charge on any atom is -0.354 e. The Labute approximate surface area is 216 Å². The molecular formula is C24H31ClN4O6S. The Hall–Kier alpha value is -3.18. The van der Waals surface area contributed by atoms with Crippen LogP contribution in [0.4, 0.5) is 11.4 Å². The van der Waals surface area contributed by atoms with Crippen LogP contribution >= 0.6 is 11.6 Å². The summed E-state index contributed by atoms with van der Waals surface area (Å²) in [6.07, 6.45) is 0.912. The van der Waals surface area contributed by atoms with E-state index in [1.54, 1.807) is 38.1 Å². The third-order valence-corrected chi connectivity index (χ3v) is 7.00. The summed E-state index contributed by atoms with van der Waals surface area (Å²) in [6.45, 7) is 6.71. The molecule has 0 bridgehead atoms. The lowest BCUT2D eigenvalue weighted by Gasteiger charge is -2.32. The maximum Gasteiger partial charge on any atom is 0.271 e. The van der Waals surface area contributed by atoms with Crippen LogP contribution in [0.2, 0.25) is 5.02 Å². The van der Waals surface area contributed by atoms with Crippen molar-refractivity contribution in [3.8, 4) is 0 Å². The van der Waals surface area contributed by atoms with E-state index in [-0.39, 0.29) is 23.8 Å². The van der Waals surface area contributed by atoms with E-state index in [1.165, 1.54) is 17.0 Å². The Morgan fingerprint density at radius 1 is 1.14 bits per heavy atom. The van der Waals surface area contributed by atoms with Gasteiger partial charge in [-0.25, -0.2) is 8.42 Å². The first kappa shape index (κ1) is 29.1. The maximum atomic E-state index is 13.6. The summed E-state index contributed by atoms with van der Waals surface area (Å²) in [5, 5.41) is 14.5. The van der Waals surface area contributed by atoms with Gasteiger partial charge >= 0.3 is 0 Å². The number of nitro benzene ring substituents is 1. The zero-order valence-corrected chi connectivity index (χ0v) is 22.5. The Morgan fingerprint density at radius 3 is 2.33 bits per heavy atom. The third kappa shape index (κ3) is 7.66. The van der Waals surface area contributed by atoms with Crippen LogP contribution in [0.1, 0.15) is 31.9 Å². The number of nitrogens with one attached hydrogen (secondary N) is 1. The van der Waals surface area contributed by atoms with Crippen molar-refractivity contribution in [2.75, 3.05) is 23.7 Å². The zero-order valence-electron chi connectivity index (χ0n) is 20.9. The zero-order chi connectivity index (χ0) is 27.2. The molecule has 2 aromatic carbocycles. The van der Waals surface area contributed by atoms with E-state index in [0.717, 1.165) is 16.6 Å². The SMILES string of the molecule is Cc1ccc([N+](=O)[O-])cc1N(CC(=O)N(Cc1ccccc1Cl)C(C)C(=O)NCC(C)C)S(C)(=O)=O. The van der Waals surface area contributed by atoms with E-state index in [1.807, 2.05) is 13.8 Å². The van der Waals surface area contributed by atoms with E-state index in [9.17, 15) is 28.1 Å². The first-order valence-electron chi connectivity index (χ1n) is 11.3. The molecular weight excluding hydrogens is 508 g/mol. The third-order valence-electron chi connectivity index (χ3n) is 5.50. The number of halogens is 1. The van der Waals surface area contributed by atoms with Gasteiger partial charge < -0.3 is 10.2 Å². The molecule has 2 aromatic rings. The molecule has 0 spiro atoms. The number of hydrogen-bond acceptors (Lipinski definition) is 6. The highest BCUT2D eigenvalue weighted by Crippen LogP contribution is 2.28. The molecule has 0 saturated carbocycles. The molecule has 0 aliphatic heterocycles. The van der Waals surface area contributed by atoms with Crippen molar-refractivity contribution in [1.82, 2.24) is 10.2 Å². The quantitative estimate of drug-likeness (QED) is 0.344. The summed E-state index contributed by atoms with van der Waals surface area (Å²) >= 11 is 6.29. The molecule has 2 rings (SSSR count). The molecule has 0 aliphatic rings. The highest BCUT2D eigenvalue weighted by Gasteiger charge is 2.31. The topological polar surface area (TPSA) is 130 Å².